The first-order chi connectivity index (χ1) is 13.7. The summed E-state index contributed by atoms with van der Waals surface area (Å²) in [5.41, 5.74) is 1.71. The number of aromatic nitrogens is 4. The quantitative estimate of drug-likeness (QED) is 0.439. The van der Waals surface area contributed by atoms with E-state index in [1.54, 1.807) is 12.4 Å². The van der Waals surface area contributed by atoms with Gasteiger partial charge in [0.1, 0.15) is 10.0 Å². The second-order valence-electron chi connectivity index (χ2n) is 6.63. The number of nitrogens with one attached hydrogen (secondary N) is 1. The van der Waals surface area contributed by atoms with E-state index in [4.69, 9.17) is 0 Å². The summed E-state index contributed by atoms with van der Waals surface area (Å²) in [5, 5.41) is 15.4. The molecule has 0 aliphatic heterocycles. The monoisotopic (exact) mass is 415 g/mol. The molecule has 0 saturated carbocycles. The Labute approximate surface area is 173 Å². The number of unbranched alkanes of at least 4 members (excludes halogenated alkanes) is 5. The van der Waals surface area contributed by atoms with E-state index < -0.39 is 0 Å². The predicted molar refractivity (Wildman–Crippen MR) is 115 cm³/mol. The predicted octanol–water partition coefficient (Wildman–Crippen LogP) is 5.14. The highest BCUT2D eigenvalue weighted by Crippen LogP contribution is 2.23. The summed E-state index contributed by atoms with van der Waals surface area (Å²) in [6.45, 7) is 2.23. The lowest BCUT2D eigenvalue weighted by Gasteiger charge is -1.99. The van der Waals surface area contributed by atoms with E-state index in [0.717, 1.165) is 34.1 Å². The van der Waals surface area contributed by atoms with Crippen molar-refractivity contribution in [3.63, 3.8) is 0 Å². The molecule has 0 saturated heterocycles. The topological polar surface area (TPSA) is 80.7 Å². The summed E-state index contributed by atoms with van der Waals surface area (Å²) in [7, 11) is 0. The Morgan fingerprint density at radius 3 is 2.82 bits per heavy atom. The van der Waals surface area contributed by atoms with Gasteiger partial charge >= 0.3 is 0 Å². The largest absolute Gasteiger partial charge is 0.300 e. The van der Waals surface area contributed by atoms with E-state index in [2.05, 4.69) is 32.4 Å². The van der Waals surface area contributed by atoms with Crippen molar-refractivity contribution in [2.45, 2.75) is 58.3 Å². The van der Waals surface area contributed by atoms with E-state index in [1.807, 2.05) is 17.5 Å². The van der Waals surface area contributed by atoms with Gasteiger partial charge in [-0.3, -0.25) is 9.78 Å². The molecule has 8 heteroatoms. The van der Waals surface area contributed by atoms with Crippen molar-refractivity contribution < 1.29 is 4.79 Å². The molecule has 3 heterocycles. The molecular weight excluding hydrogens is 390 g/mol. The Hall–Kier alpha value is -2.19. The third-order valence-electron chi connectivity index (χ3n) is 4.26. The van der Waals surface area contributed by atoms with E-state index in [-0.39, 0.29) is 12.3 Å². The van der Waals surface area contributed by atoms with E-state index in [1.165, 1.54) is 54.8 Å². The van der Waals surface area contributed by atoms with Crippen LogP contribution in [-0.2, 0) is 17.6 Å². The normalized spacial score (nSPS) is 10.9. The number of nitrogens with zero attached hydrogens (tertiary/aromatic N) is 4. The molecule has 0 radical (unpaired) electrons. The number of rotatable bonds is 11. The van der Waals surface area contributed by atoms with Crippen LogP contribution >= 0.6 is 22.7 Å². The summed E-state index contributed by atoms with van der Waals surface area (Å²) < 4.78 is 0. The Morgan fingerprint density at radius 1 is 1.14 bits per heavy atom. The fraction of sp³-hybridized carbons (Fsp3) is 0.450. The number of carbonyl (C=O) groups is 1. The number of pyridine rings is 1. The number of aryl methyl sites for hydroxylation is 1. The SMILES string of the molecule is CCCCCCCCc1nnc(NC(=O)Cc2csc(-c3cccnc3)n2)s1. The molecular formula is C20H25N5OS2. The van der Waals surface area contributed by atoms with Gasteiger partial charge in [0, 0.05) is 29.8 Å². The summed E-state index contributed by atoms with van der Waals surface area (Å²) >= 11 is 2.98. The Kier molecular flexibility index (Phi) is 8.05. The van der Waals surface area contributed by atoms with Gasteiger partial charge < -0.3 is 5.32 Å². The van der Waals surface area contributed by atoms with Crippen molar-refractivity contribution in [2.75, 3.05) is 5.32 Å². The zero-order valence-corrected chi connectivity index (χ0v) is 17.7. The van der Waals surface area contributed by atoms with Crippen LogP contribution in [0.4, 0.5) is 5.13 Å². The molecule has 3 aromatic rings. The van der Waals surface area contributed by atoms with Gasteiger partial charge in [0.2, 0.25) is 11.0 Å². The first-order valence-electron chi connectivity index (χ1n) is 9.71. The van der Waals surface area contributed by atoms with Gasteiger partial charge in [-0.1, -0.05) is 50.4 Å². The average molecular weight is 416 g/mol. The number of anilines is 1. The van der Waals surface area contributed by atoms with Gasteiger partial charge in [0.05, 0.1) is 12.1 Å². The summed E-state index contributed by atoms with van der Waals surface area (Å²) in [6, 6.07) is 3.84. The zero-order chi connectivity index (χ0) is 19.6. The summed E-state index contributed by atoms with van der Waals surface area (Å²) in [4.78, 5) is 20.9. The first-order valence-corrected chi connectivity index (χ1v) is 11.4. The fourth-order valence-electron chi connectivity index (χ4n) is 2.80. The average Bonchev–Trinajstić information content (AvgIpc) is 3.35. The number of carbonyl (C=O) groups excluding carboxylic acids is 1. The third kappa shape index (κ3) is 6.45. The van der Waals surface area contributed by atoms with Gasteiger partial charge in [0.25, 0.3) is 0 Å². The van der Waals surface area contributed by atoms with Crippen LogP contribution in [0.25, 0.3) is 10.6 Å². The fourth-order valence-corrected chi connectivity index (χ4v) is 4.41. The van der Waals surface area contributed by atoms with Gasteiger partial charge in [-0.05, 0) is 18.6 Å². The van der Waals surface area contributed by atoms with Crippen LogP contribution in [0.1, 0.15) is 56.2 Å². The summed E-state index contributed by atoms with van der Waals surface area (Å²) in [5.74, 6) is -0.120. The molecule has 0 unspecified atom stereocenters. The van der Waals surface area contributed by atoms with Crippen molar-refractivity contribution in [3.05, 3.63) is 40.6 Å². The van der Waals surface area contributed by atoms with E-state index >= 15 is 0 Å². The highest BCUT2D eigenvalue weighted by Gasteiger charge is 2.12. The molecule has 0 atom stereocenters. The van der Waals surface area contributed by atoms with Crippen LogP contribution < -0.4 is 5.32 Å². The van der Waals surface area contributed by atoms with Crippen LogP contribution in [0.3, 0.4) is 0 Å². The Morgan fingerprint density at radius 2 is 2.00 bits per heavy atom. The molecule has 6 nitrogen and oxygen atoms in total. The molecule has 1 amide bonds. The molecule has 0 aliphatic carbocycles. The van der Waals surface area contributed by atoms with Crippen LogP contribution in [0.15, 0.2) is 29.9 Å². The van der Waals surface area contributed by atoms with Crippen molar-refractivity contribution >= 4 is 33.7 Å². The van der Waals surface area contributed by atoms with E-state index in [0.29, 0.717) is 5.13 Å². The third-order valence-corrected chi connectivity index (χ3v) is 6.10. The lowest BCUT2D eigenvalue weighted by atomic mass is 10.1. The van der Waals surface area contributed by atoms with Crippen LogP contribution in [-0.4, -0.2) is 26.1 Å². The maximum atomic E-state index is 12.3. The van der Waals surface area contributed by atoms with Crippen LogP contribution in [0, 0.1) is 0 Å². The van der Waals surface area contributed by atoms with Crippen molar-refractivity contribution in [2.24, 2.45) is 0 Å². The second kappa shape index (κ2) is 11.0. The van der Waals surface area contributed by atoms with Crippen molar-refractivity contribution in [1.29, 1.82) is 0 Å². The minimum Gasteiger partial charge on any atom is -0.300 e. The van der Waals surface area contributed by atoms with Gasteiger partial charge in [-0.15, -0.1) is 21.5 Å². The van der Waals surface area contributed by atoms with Crippen LogP contribution in [0.5, 0.6) is 0 Å². The van der Waals surface area contributed by atoms with Crippen molar-refractivity contribution in [1.82, 2.24) is 20.2 Å². The maximum absolute atomic E-state index is 12.3. The molecule has 0 bridgehead atoms. The standard InChI is InChI=1S/C20H25N5OS2/c1-2-3-4-5-6-7-10-18-24-25-20(28-18)23-17(26)12-16-14-27-19(22-16)15-9-8-11-21-13-15/h8-9,11,13-14H,2-7,10,12H2,1H3,(H,23,25,26). The second-order valence-corrected chi connectivity index (χ2v) is 8.55. The molecule has 1 N–H and O–H groups in total. The minimum atomic E-state index is -0.120. The molecule has 3 aromatic heterocycles. The molecule has 0 aliphatic rings. The first kappa shape index (κ1) is 20.5. The minimum absolute atomic E-state index is 0.120. The maximum Gasteiger partial charge on any atom is 0.232 e. The van der Waals surface area contributed by atoms with Gasteiger partial charge in [-0.2, -0.15) is 0 Å². The van der Waals surface area contributed by atoms with E-state index in [9.17, 15) is 4.79 Å². The molecule has 28 heavy (non-hydrogen) atoms. The Bertz CT molecular complexity index is 862. The highest BCUT2D eigenvalue weighted by molar-refractivity contribution is 7.15. The van der Waals surface area contributed by atoms with Gasteiger partial charge in [-0.25, -0.2) is 4.98 Å². The van der Waals surface area contributed by atoms with Crippen LogP contribution in [0.2, 0.25) is 0 Å². The molecule has 0 spiro atoms. The highest BCUT2D eigenvalue weighted by atomic mass is 32.1. The number of hydrogen-bond donors (Lipinski definition) is 1. The molecule has 3 rings (SSSR count). The summed E-state index contributed by atoms with van der Waals surface area (Å²) in [6.07, 6.45) is 12.2. The number of thiazole rings is 1. The smallest absolute Gasteiger partial charge is 0.232 e. The molecule has 0 aromatic carbocycles. The number of amides is 1. The lowest BCUT2D eigenvalue weighted by molar-refractivity contribution is -0.115. The lowest BCUT2D eigenvalue weighted by Crippen LogP contribution is -2.14. The zero-order valence-electron chi connectivity index (χ0n) is 16.1. The molecule has 148 valence electrons. The van der Waals surface area contributed by atoms with Crippen molar-refractivity contribution in [3.8, 4) is 10.6 Å². The molecule has 0 fully saturated rings. The Balaban J connectivity index is 1.43. The van der Waals surface area contributed by atoms with Gasteiger partial charge in [0.15, 0.2) is 0 Å². The number of hydrogen-bond acceptors (Lipinski definition) is 7.